The van der Waals surface area contributed by atoms with E-state index in [4.69, 9.17) is 0 Å². The lowest BCUT2D eigenvalue weighted by Gasteiger charge is -2.30. The Hall–Kier alpha value is -1.06. The van der Waals surface area contributed by atoms with Crippen LogP contribution in [0.2, 0.25) is 0 Å². The van der Waals surface area contributed by atoms with Crippen molar-refractivity contribution in [3.63, 3.8) is 0 Å². The molecule has 2 atom stereocenters. The first-order valence-electron chi connectivity index (χ1n) is 7.50. The van der Waals surface area contributed by atoms with Crippen LogP contribution in [0.5, 0.6) is 5.75 Å². The normalized spacial score (nSPS) is 27.5. The van der Waals surface area contributed by atoms with Crippen LogP contribution in [0.3, 0.4) is 0 Å². The monoisotopic (exact) mass is 260 g/mol. The molecule has 0 bridgehead atoms. The van der Waals surface area contributed by atoms with Gasteiger partial charge < -0.3 is 5.11 Å². The highest BCUT2D eigenvalue weighted by molar-refractivity contribution is 5.50. The zero-order valence-electron chi connectivity index (χ0n) is 11.9. The van der Waals surface area contributed by atoms with E-state index in [0.717, 1.165) is 25.1 Å². The van der Waals surface area contributed by atoms with Crippen LogP contribution in [-0.4, -0.2) is 23.2 Å². The number of aryl methyl sites for hydroxylation is 1. The fourth-order valence-electron chi connectivity index (χ4n) is 3.70. The summed E-state index contributed by atoms with van der Waals surface area (Å²) in [5.74, 6) is 0.990. The number of aromatic hydroxyl groups is 1. The van der Waals surface area contributed by atoms with Crippen molar-refractivity contribution in [1.29, 1.82) is 0 Å². The molecule has 2 N–H and O–H groups in total. The summed E-state index contributed by atoms with van der Waals surface area (Å²) in [5.41, 5.74) is 7.45. The Morgan fingerprint density at radius 2 is 1.89 bits per heavy atom. The van der Waals surface area contributed by atoms with Gasteiger partial charge in [0.25, 0.3) is 0 Å². The summed E-state index contributed by atoms with van der Waals surface area (Å²) in [7, 11) is 0. The summed E-state index contributed by atoms with van der Waals surface area (Å²) in [6.45, 7) is 6.68. The molecule has 1 aliphatic carbocycles. The number of benzene rings is 1. The minimum absolute atomic E-state index is 0.281. The van der Waals surface area contributed by atoms with Crippen LogP contribution in [0.1, 0.15) is 61.3 Å². The number of phenolic OH excluding ortho intramolecular Hbond substituents is 1. The Morgan fingerprint density at radius 3 is 2.63 bits per heavy atom. The van der Waals surface area contributed by atoms with E-state index in [-0.39, 0.29) is 6.04 Å². The van der Waals surface area contributed by atoms with E-state index < -0.39 is 0 Å². The standard InChI is InChI=1S/C16H24N2O/c1-11-6-7-14(19)16-13(10-12(2)15(11)16)17-18-8-4-3-5-9-18/h6-7,12-13,17,19H,3-5,8-10H2,1-2H3. The third kappa shape index (κ3) is 2.37. The molecule has 1 aromatic carbocycles. The van der Waals surface area contributed by atoms with Crippen LogP contribution in [0.4, 0.5) is 0 Å². The SMILES string of the molecule is Cc1ccc(O)c2c1C(C)CC2NN1CCCCC1. The van der Waals surface area contributed by atoms with E-state index in [9.17, 15) is 5.11 Å². The van der Waals surface area contributed by atoms with Gasteiger partial charge in [-0.25, -0.2) is 10.4 Å². The smallest absolute Gasteiger partial charge is 0.120 e. The first kappa shape index (κ1) is 12.9. The van der Waals surface area contributed by atoms with Crippen LogP contribution in [0.25, 0.3) is 0 Å². The van der Waals surface area contributed by atoms with E-state index in [0.29, 0.717) is 11.7 Å². The second kappa shape index (κ2) is 5.14. The van der Waals surface area contributed by atoms with Crippen LogP contribution in [0.15, 0.2) is 12.1 Å². The van der Waals surface area contributed by atoms with Crippen molar-refractivity contribution in [3.8, 4) is 5.75 Å². The fraction of sp³-hybridized carbons (Fsp3) is 0.625. The van der Waals surface area contributed by atoms with Gasteiger partial charge in [0.1, 0.15) is 5.75 Å². The van der Waals surface area contributed by atoms with Gasteiger partial charge >= 0.3 is 0 Å². The molecule has 19 heavy (non-hydrogen) atoms. The average Bonchev–Trinajstić information content (AvgIpc) is 2.73. The second-order valence-corrected chi connectivity index (χ2v) is 6.10. The summed E-state index contributed by atoms with van der Waals surface area (Å²) in [4.78, 5) is 0. The van der Waals surface area contributed by atoms with E-state index >= 15 is 0 Å². The molecule has 0 saturated carbocycles. The molecule has 2 aliphatic rings. The molecule has 0 spiro atoms. The molecule has 0 amide bonds. The Labute approximate surface area is 115 Å². The summed E-state index contributed by atoms with van der Waals surface area (Å²) in [6.07, 6.45) is 4.99. The van der Waals surface area contributed by atoms with Gasteiger partial charge in [0.05, 0.1) is 6.04 Å². The quantitative estimate of drug-likeness (QED) is 0.857. The third-order valence-corrected chi connectivity index (χ3v) is 4.61. The predicted molar refractivity (Wildman–Crippen MR) is 77.2 cm³/mol. The Balaban J connectivity index is 1.84. The number of rotatable bonds is 2. The molecule has 2 unspecified atom stereocenters. The van der Waals surface area contributed by atoms with E-state index in [2.05, 4.69) is 24.3 Å². The molecular weight excluding hydrogens is 236 g/mol. The van der Waals surface area contributed by atoms with Gasteiger partial charge in [0, 0.05) is 18.7 Å². The lowest BCUT2D eigenvalue weighted by Crippen LogP contribution is -2.43. The lowest BCUT2D eigenvalue weighted by molar-refractivity contribution is 0.126. The molecule has 1 heterocycles. The van der Waals surface area contributed by atoms with Crippen molar-refractivity contribution < 1.29 is 5.11 Å². The van der Waals surface area contributed by atoms with Crippen molar-refractivity contribution in [2.45, 2.75) is 51.5 Å². The van der Waals surface area contributed by atoms with Crippen molar-refractivity contribution >= 4 is 0 Å². The molecule has 3 heteroatoms. The van der Waals surface area contributed by atoms with Crippen molar-refractivity contribution in [1.82, 2.24) is 10.4 Å². The molecule has 1 aliphatic heterocycles. The summed E-state index contributed by atoms with van der Waals surface area (Å²) >= 11 is 0. The number of piperidine rings is 1. The molecule has 1 saturated heterocycles. The maximum Gasteiger partial charge on any atom is 0.120 e. The predicted octanol–water partition coefficient (Wildman–Crippen LogP) is 3.24. The number of fused-ring (bicyclic) bond motifs is 1. The Kier molecular flexibility index (Phi) is 3.50. The minimum Gasteiger partial charge on any atom is -0.508 e. The molecule has 3 rings (SSSR count). The van der Waals surface area contributed by atoms with Gasteiger partial charge in [-0.05, 0) is 49.3 Å². The van der Waals surface area contributed by atoms with Gasteiger partial charge in [0.15, 0.2) is 0 Å². The maximum atomic E-state index is 10.2. The molecule has 1 aromatic rings. The maximum absolute atomic E-state index is 10.2. The minimum atomic E-state index is 0.281. The molecule has 1 fully saturated rings. The van der Waals surface area contributed by atoms with Crippen LogP contribution in [-0.2, 0) is 0 Å². The van der Waals surface area contributed by atoms with Gasteiger partial charge in [-0.15, -0.1) is 0 Å². The first-order chi connectivity index (χ1) is 9.16. The third-order valence-electron chi connectivity index (χ3n) is 4.61. The molecule has 0 radical (unpaired) electrons. The topological polar surface area (TPSA) is 35.5 Å². The van der Waals surface area contributed by atoms with E-state index in [1.165, 1.54) is 30.4 Å². The van der Waals surface area contributed by atoms with E-state index in [1.54, 1.807) is 0 Å². The number of hydrazine groups is 1. The molecule has 104 valence electrons. The number of phenols is 1. The zero-order chi connectivity index (χ0) is 13.4. The summed E-state index contributed by atoms with van der Waals surface area (Å²) in [5, 5.41) is 12.6. The molecule has 0 aromatic heterocycles. The van der Waals surface area contributed by atoms with Gasteiger partial charge in [-0.3, -0.25) is 0 Å². The van der Waals surface area contributed by atoms with Gasteiger partial charge in [-0.1, -0.05) is 19.4 Å². The molecule has 3 nitrogen and oxygen atoms in total. The number of hydrogen-bond acceptors (Lipinski definition) is 3. The Bertz CT molecular complexity index is 466. The Morgan fingerprint density at radius 1 is 1.16 bits per heavy atom. The number of nitrogens with zero attached hydrogens (tertiary/aromatic N) is 1. The highest BCUT2D eigenvalue weighted by atomic mass is 16.3. The first-order valence-corrected chi connectivity index (χ1v) is 7.50. The number of hydrogen-bond donors (Lipinski definition) is 2. The van der Waals surface area contributed by atoms with Crippen molar-refractivity contribution in [2.24, 2.45) is 0 Å². The van der Waals surface area contributed by atoms with Crippen molar-refractivity contribution in [3.05, 3.63) is 28.8 Å². The highest BCUT2D eigenvalue weighted by Crippen LogP contribution is 2.46. The fourth-order valence-corrected chi connectivity index (χ4v) is 3.70. The summed E-state index contributed by atoms with van der Waals surface area (Å²) in [6, 6.07) is 4.16. The number of nitrogens with one attached hydrogen (secondary N) is 1. The van der Waals surface area contributed by atoms with E-state index in [1.807, 2.05) is 12.1 Å². The summed E-state index contributed by atoms with van der Waals surface area (Å²) < 4.78 is 0. The second-order valence-electron chi connectivity index (χ2n) is 6.10. The van der Waals surface area contributed by atoms with Crippen molar-refractivity contribution in [2.75, 3.05) is 13.1 Å². The van der Waals surface area contributed by atoms with Crippen LogP contribution >= 0.6 is 0 Å². The van der Waals surface area contributed by atoms with Gasteiger partial charge in [-0.2, -0.15) is 0 Å². The zero-order valence-corrected chi connectivity index (χ0v) is 11.9. The molecular formula is C16H24N2O. The van der Waals surface area contributed by atoms with Crippen LogP contribution in [0, 0.1) is 6.92 Å². The largest absolute Gasteiger partial charge is 0.508 e. The highest BCUT2D eigenvalue weighted by Gasteiger charge is 2.33. The van der Waals surface area contributed by atoms with Crippen LogP contribution < -0.4 is 5.43 Å². The lowest BCUT2D eigenvalue weighted by atomic mass is 9.97. The average molecular weight is 260 g/mol. The van der Waals surface area contributed by atoms with Gasteiger partial charge in [0.2, 0.25) is 0 Å².